The number of amides is 2. The Kier molecular flexibility index (Phi) is 4.80. The Morgan fingerprint density at radius 3 is 2.42 bits per heavy atom. The summed E-state index contributed by atoms with van der Waals surface area (Å²) in [7, 11) is 0. The molecule has 2 amide bonds. The van der Waals surface area contributed by atoms with E-state index >= 15 is 0 Å². The molecule has 0 spiro atoms. The van der Waals surface area contributed by atoms with Gasteiger partial charge in [-0.3, -0.25) is 9.59 Å². The average Bonchev–Trinajstić information content (AvgIpc) is 2.64. The second kappa shape index (κ2) is 6.37. The van der Waals surface area contributed by atoms with Gasteiger partial charge in [0.2, 0.25) is 11.8 Å². The van der Waals surface area contributed by atoms with Crippen LogP contribution in [0.1, 0.15) is 33.1 Å². The fourth-order valence-electron chi connectivity index (χ4n) is 3.07. The number of hydrogen-bond acceptors (Lipinski definition) is 3. The summed E-state index contributed by atoms with van der Waals surface area (Å²) >= 11 is 0. The van der Waals surface area contributed by atoms with Crippen molar-refractivity contribution in [2.24, 2.45) is 5.92 Å². The molecule has 0 bridgehead atoms. The molecule has 2 saturated heterocycles. The molecule has 2 rings (SSSR count). The molecular weight excluding hydrogens is 242 g/mol. The molecule has 5 nitrogen and oxygen atoms in total. The molecule has 5 heteroatoms. The van der Waals surface area contributed by atoms with Crippen LogP contribution in [0.5, 0.6) is 0 Å². The smallest absolute Gasteiger partial charge is 0.227 e. The first-order valence-corrected chi connectivity index (χ1v) is 7.37. The SMILES string of the molecule is CC(=O)N1CCCN(C(=O)C2CCCNC2C)CC1. The maximum absolute atomic E-state index is 12.6. The number of hydrogen-bond donors (Lipinski definition) is 1. The summed E-state index contributed by atoms with van der Waals surface area (Å²) in [5.74, 6) is 0.490. The summed E-state index contributed by atoms with van der Waals surface area (Å²) in [6.07, 6.45) is 2.95. The molecule has 0 aromatic heterocycles. The van der Waals surface area contributed by atoms with Gasteiger partial charge in [-0.05, 0) is 32.7 Å². The van der Waals surface area contributed by atoms with Crippen molar-refractivity contribution in [3.63, 3.8) is 0 Å². The predicted molar refractivity (Wildman–Crippen MR) is 73.6 cm³/mol. The van der Waals surface area contributed by atoms with Crippen LogP contribution in [0.25, 0.3) is 0 Å². The fraction of sp³-hybridized carbons (Fsp3) is 0.857. The highest BCUT2D eigenvalue weighted by molar-refractivity contribution is 5.80. The molecule has 0 aromatic carbocycles. The van der Waals surface area contributed by atoms with Gasteiger partial charge in [-0.15, -0.1) is 0 Å². The molecule has 1 N–H and O–H groups in total. The van der Waals surface area contributed by atoms with Gasteiger partial charge in [-0.1, -0.05) is 0 Å². The summed E-state index contributed by atoms with van der Waals surface area (Å²) in [5.41, 5.74) is 0. The zero-order chi connectivity index (χ0) is 13.8. The summed E-state index contributed by atoms with van der Waals surface area (Å²) < 4.78 is 0. The van der Waals surface area contributed by atoms with E-state index in [1.165, 1.54) is 0 Å². The molecule has 19 heavy (non-hydrogen) atoms. The van der Waals surface area contributed by atoms with E-state index < -0.39 is 0 Å². The molecule has 2 heterocycles. The Labute approximate surface area is 115 Å². The van der Waals surface area contributed by atoms with Gasteiger partial charge in [0.1, 0.15) is 0 Å². The molecule has 2 unspecified atom stereocenters. The quantitative estimate of drug-likeness (QED) is 0.751. The van der Waals surface area contributed by atoms with Crippen LogP contribution in [-0.4, -0.2) is 60.4 Å². The fourth-order valence-corrected chi connectivity index (χ4v) is 3.07. The molecule has 0 radical (unpaired) electrons. The van der Waals surface area contributed by atoms with Crippen molar-refractivity contribution in [1.29, 1.82) is 0 Å². The average molecular weight is 267 g/mol. The summed E-state index contributed by atoms with van der Waals surface area (Å²) in [4.78, 5) is 27.8. The van der Waals surface area contributed by atoms with Crippen LogP contribution in [0.2, 0.25) is 0 Å². The Morgan fingerprint density at radius 2 is 1.74 bits per heavy atom. The highest BCUT2D eigenvalue weighted by atomic mass is 16.2. The van der Waals surface area contributed by atoms with E-state index in [4.69, 9.17) is 0 Å². The highest BCUT2D eigenvalue weighted by Crippen LogP contribution is 2.20. The number of carbonyl (C=O) groups excluding carboxylic acids is 2. The number of rotatable bonds is 1. The maximum atomic E-state index is 12.6. The van der Waals surface area contributed by atoms with Crippen LogP contribution in [0.3, 0.4) is 0 Å². The number of nitrogens with zero attached hydrogens (tertiary/aromatic N) is 2. The summed E-state index contributed by atoms with van der Waals surface area (Å²) in [6, 6.07) is 0.272. The van der Waals surface area contributed by atoms with Gasteiger partial charge in [0.05, 0.1) is 5.92 Å². The molecule has 2 atom stereocenters. The van der Waals surface area contributed by atoms with Crippen molar-refractivity contribution in [1.82, 2.24) is 15.1 Å². The topological polar surface area (TPSA) is 52.7 Å². The monoisotopic (exact) mass is 267 g/mol. The zero-order valence-electron chi connectivity index (χ0n) is 12.0. The lowest BCUT2D eigenvalue weighted by Crippen LogP contribution is -2.49. The Hall–Kier alpha value is -1.10. The lowest BCUT2D eigenvalue weighted by molar-refractivity contribution is -0.137. The molecule has 0 saturated carbocycles. The van der Waals surface area contributed by atoms with Crippen molar-refractivity contribution in [2.45, 2.75) is 39.2 Å². The van der Waals surface area contributed by atoms with Gasteiger partial charge < -0.3 is 15.1 Å². The first kappa shape index (κ1) is 14.3. The number of carbonyl (C=O) groups is 2. The first-order valence-electron chi connectivity index (χ1n) is 7.37. The minimum atomic E-state index is 0.109. The van der Waals surface area contributed by atoms with E-state index in [9.17, 15) is 9.59 Å². The first-order chi connectivity index (χ1) is 9.09. The number of nitrogens with one attached hydrogen (secondary N) is 1. The Morgan fingerprint density at radius 1 is 1.05 bits per heavy atom. The van der Waals surface area contributed by atoms with Crippen molar-refractivity contribution in [2.75, 3.05) is 32.7 Å². The molecular formula is C14H25N3O2. The van der Waals surface area contributed by atoms with Crippen LogP contribution < -0.4 is 5.32 Å². The van der Waals surface area contributed by atoms with E-state index in [1.54, 1.807) is 6.92 Å². The number of piperidine rings is 1. The third kappa shape index (κ3) is 3.47. The Balaban J connectivity index is 1.93. The largest absolute Gasteiger partial charge is 0.341 e. The van der Waals surface area contributed by atoms with E-state index in [2.05, 4.69) is 12.2 Å². The van der Waals surface area contributed by atoms with E-state index in [-0.39, 0.29) is 23.8 Å². The Bertz CT molecular complexity index is 346. The van der Waals surface area contributed by atoms with Crippen LogP contribution in [0.4, 0.5) is 0 Å². The predicted octanol–water partition coefficient (Wildman–Crippen LogP) is 0.455. The lowest BCUT2D eigenvalue weighted by atomic mass is 9.90. The summed E-state index contributed by atoms with van der Waals surface area (Å²) in [5, 5.41) is 3.38. The second-order valence-corrected chi connectivity index (χ2v) is 5.68. The van der Waals surface area contributed by atoms with Crippen molar-refractivity contribution in [3.05, 3.63) is 0 Å². The minimum absolute atomic E-state index is 0.109. The van der Waals surface area contributed by atoms with Gasteiger partial charge in [0.25, 0.3) is 0 Å². The van der Waals surface area contributed by atoms with Gasteiger partial charge in [0.15, 0.2) is 0 Å². The van der Waals surface area contributed by atoms with E-state index in [0.717, 1.165) is 38.9 Å². The van der Waals surface area contributed by atoms with Crippen LogP contribution in [0.15, 0.2) is 0 Å². The molecule has 108 valence electrons. The van der Waals surface area contributed by atoms with Gasteiger partial charge in [0, 0.05) is 39.1 Å². The molecule has 0 aromatic rings. The van der Waals surface area contributed by atoms with Crippen molar-refractivity contribution < 1.29 is 9.59 Å². The van der Waals surface area contributed by atoms with E-state index in [1.807, 2.05) is 9.80 Å². The van der Waals surface area contributed by atoms with Crippen molar-refractivity contribution in [3.8, 4) is 0 Å². The van der Waals surface area contributed by atoms with Gasteiger partial charge >= 0.3 is 0 Å². The zero-order valence-corrected chi connectivity index (χ0v) is 12.0. The van der Waals surface area contributed by atoms with Gasteiger partial charge in [-0.2, -0.15) is 0 Å². The van der Waals surface area contributed by atoms with E-state index in [0.29, 0.717) is 13.1 Å². The normalized spacial score (nSPS) is 28.9. The third-order valence-electron chi connectivity index (χ3n) is 4.33. The van der Waals surface area contributed by atoms with Crippen LogP contribution in [0, 0.1) is 5.92 Å². The van der Waals surface area contributed by atoms with Gasteiger partial charge in [-0.25, -0.2) is 0 Å². The lowest BCUT2D eigenvalue weighted by Gasteiger charge is -2.33. The molecule has 2 fully saturated rings. The van der Waals surface area contributed by atoms with Crippen molar-refractivity contribution >= 4 is 11.8 Å². The van der Waals surface area contributed by atoms with Crippen LogP contribution >= 0.6 is 0 Å². The van der Waals surface area contributed by atoms with Crippen LogP contribution in [-0.2, 0) is 9.59 Å². The molecule has 2 aliphatic heterocycles. The molecule has 0 aliphatic carbocycles. The third-order valence-corrected chi connectivity index (χ3v) is 4.33. The standard InChI is InChI=1S/C14H25N3O2/c1-11-13(5-3-6-15-11)14(19)17-8-4-7-16(9-10-17)12(2)18/h11,13,15H,3-10H2,1-2H3. The molecule has 2 aliphatic rings. The highest BCUT2D eigenvalue weighted by Gasteiger charge is 2.31. The maximum Gasteiger partial charge on any atom is 0.227 e. The minimum Gasteiger partial charge on any atom is -0.341 e. The second-order valence-electron chi connectivity index (χ2n) is 5.68. The summed E-state index contributed by atoms with van der Waals surface area (Å²) in [6.45, 7) is 7.63.